The van der Waals surface area contributed by atoms with Gasteiger partial charge in [-0.25, -0.2) is 0 Å². The van der Waals surface area contributed by atoms with Crippen molar-refractivity contribution in [2.24, 2.45) is 0 Å². The summed E-state index contributed by atoms with van der Waals surface area (Å²) in [6.45, 7) is 2.26. The van der Waals surface area contributed by atoms with Crippen LogP contribution in [-0.4, -0.2) is 20.7 Å². The van der Waals surface area contributed by atoms with Gasteiger partial charge in [0.1, 0.15) is 0 Å². The van der Waals surface area contributed by atoms with E-state index in [-0.39, 0.29) is 6.42 Å². The van der Waals surface area contributed by atoms with Gasteiger partial charge in [0, 0.05) is 0 Å². The van der Waals surface area contributed by atoms with Crippen molar-refractivity contribution < 1.29 is 19.5 Å². The molecule has 0 aliphatic heterocycles. The van der Waals surface area contributed by atoms with E-state index in [4.69, 9.17) is 9.79 Å². The van der Waals surface area contributed by atoms with Crippen molar-refractivity contribution in [3.05, 3.63) is 0 Å². The molecule has 0 fully saturated rings. The lowest BCUT2D eigenvalue weighted by Crippen LogP contribution is -2.06. The molecule has 0 aliphatic carbocycles. The predicted molar refractivity (Wildman–Crippen MR) is 97.6 cm³/mol. The fourth-order valence-corrected chi connectivity index (χ4v) is 3.39. The van der Waals surface area contributed by atoms with Crippen molar-refractivity contribution in [3.8, 4) is 0 Å². The van der Waals surface area contributed by atoms with Crippen molar-refractivity contribution in [2.75, 3.05) is 0 Å². The number of hydrogen-bond acceptors (Lipinski definition) is 2. The molecule has 140 valence electrons. The van der Waals surface area contributed by atoms with Crippen LogP contribution in [0.15, 0.2) is 0 Å². The van der Waals surface area contributed by atoms with Crippen molar-refractivity contribution in [3.63, 3.8) is 0 Å². The summed E-state index contributed by atoms with van der Waals surface area (Å²) in [6, 6.07) is 0. The van der Waals surface area contributed by atoms with E-state index in [2.05, 4.69) is 6.92 Å². The van der Waals surface area contributed by atoms with Gasteiger partial charge in [0.25, 0.3) is 0 Å². The molecule has 0 heterocycles. The molecule has 0 amide bonds. The molecule has 1 atom stereocenters. The Hall–Kier alpha value is 0.110. The molecular weight excluding hydrogens is 311 g/mol. The number of aliphatic hydroxyl groups is 1. The zero-order valence-corrected chi connectivity index (χ0v) is 16.0. The summed E-state index contributed by atoms with van der Waals surface area (Å²) in [5.41, 5.74) is 0. The Morgan fingerprint density at radius 1 is 0.652 bits per heavy atom. The second-order valence-corrected chi connectivity index (χ2v) is 8.58. The molecule has 5 heteroatoms. The highest BCUT2D eigenvalue weighted by Crippen LogP contribution is 2.41. The molecule has 1 unspecified atom stereocenters. The van der Waals surface area contributed by atoms with Crippen molar-refractivity contribution in [2.45, 2.75) is 116 Å². The molecule has 0 aromatic rings. The Kier molecular flexibility index (Phi) is 15.7. The zero-order valence-electron chi connectivity index (χ0n) is 15.1. The van der Waals surface area contributed by atoms with E-state index >= 15 is 0 Å². The topological polar surface area (TPSA) is 77.8 Å². The van der Waals surface area contributed by atoms with Gasteiger partial charge < -0.3 is 14.9 Å². The highest BCUT2D eigenvalue weighted by Gasteiger charge is 2.24. The first-order chi connectivity index (χ1) is 11.0. The van der Waals surface area contributed by atoms with Crippen LogP contribution in [0.25, 0.3) is 0 Å². The maximum absolute atomic E-state index is 10.8. The second-order valence-electron chi connectivity index (χ2n) is 6.81. The van der Waals surface area contributed by atoms with Gasteiger partial charge >= 0.3 is 7.60 Å². The van der Waals surface area contributed by atoms with Crippen LogP contribution >= 0.6 is 7.60 Å². The van der Waals surface area contributed by atoms with Crippen LogP contribution < -0.4 is 0 Å². The molecule has 0 saturated carbocycles. The van der Waals surface area contributed by atoms with Gasteiger partial charge in [-0.2, -0.15) is 0 Å². The molecule has 0 bridgehead atoms. The SMILES string of the molecule is CCCCCCCCCCCCCCCCCC(O)P(=O)(O)O. The van der Waals surface area contributed by atoms with Crippen molar-refractivity contribution in [1.29, 1.82) is 0 Å². The summed E-state index contributed by atoms with van der Waals surface area (Å²) in [7, 11) is -4.29. The molecule has 4 nitrogen and oxygen atoms in total. The summed E-state index contributed by atoms with van der Waals surface area (Å²) < 4.78 is 10.8. The van der Waals surface area contributed by atoms with Crippen LogP contribution in [0.2, 0.25) is 0 Å². The molecule has 0 saturated heterocycles. The summed E-state index contributed by atoms with van der Waals surface area (Å²) in [5.74, 6) is -1.47. The van der Waals surface area contributed by atoms with Crippen LogP contribution in [0, 0.1) is 0 Å². The largest absolute Gasteiger partial charge is 0.380 e. The van der Waals surface area contributed by atoms with Crippen LogP contribution in [-0.2, 0) is 4.57 Å². The highest BCUT2D eigenvalue weighted by atomic mass is 31.2. The standard InChI is InChI=1S/C18H39O4P/c1-2-3-4-5-6-7-8-9-10-11-12-13-14-15-16-17-18(19)23(20,21)22/h18-19H,2-17H2,1H3,(H2,20,21,22). The average Bonchev–Trinajstić information content (AvgIpc) is 2.50. The first-order valence-electron chi connectivity index (χ1n) is 9.71. The lowest BCUT2D eigenvalue weighted by Gasteiger charge is -2.11. The Labute approximate surface area is 143 Å². The van der Waals surface area contributed by atoms with E-state index in [0.717, 1.165) is 12.8 Å². The zero-order chi connectivity index (χ0) is 17.4. The monoisotopic (exact) mass is 350 g/mol. The van der Waals surface area contributed by atoms with E-state index in [1.54, 1.807) is 0 Å². The van der Waals surface area contributed by atoms with E-state index in [1.165, 1.54) is 77.0 Å². The maximum Gasteiger partial charge on any atom is 0.353 e. The number of rotatable bonds is 17. The summed E-state index contributed by atoms with van der Waals surface area (Å²) in [4.78, 5) is 17.5. The number of aliphatic hydroxyl groups excluding tert-OH is 1. The van der Waals surface area contributed by atoms with E-state index in [0.29, 0.717) is 6.42 Å². The fraction of sp³-hybridized carbons (Fsp3) is 1.00. The second kappa shape index (κ2) is 15.6. The Morgan fingerprint density at radius 3 is 1.26 bits per heavy atom. The number of hydrogen-bond donors (Lipinski definition) is 3. The third-order valence-electron chi connectivity index (χ3n) is 4.45. The molecule has 0 aliphatic rings. The summed E-state index contributed by atoms with van der Waals surface area (Å²) in [6.07, 6.45) is 19.1. The predicted octanol–water partition coefficient (Wildman–Crippen LogP) is 5.74. The molecule has 3 N–H and O–H groups in total. The Morgan fingerprint density at radius 2 is 0.957 bits per heavy atom. The molecule has 0 spiro atoms. The molecule has 0 radical (unpaired) electrons. The minimum absolute atomic E-state index is 0.211. The summed E-state index contributed by atoms with van der Waals surface area (Å²) in [5, 5.41) is 9.23. The van der Waals surface area contributed by atoms with Crippen LogP contribution in [0.1, 0.15) is 110 Å². The van der Waals surface area contributed by atoms with E-state index in [9.17, 15) is 9.67 Å². The Bertz CT molecular complexity index is 291. The molecular formula is C18H39O4P. The number of unbranched alkanes of at least 4 members (excludes halogenated alkanes) is 14. The van der Waals surface area contributed by atoms with E-state index in [1.807, 2.05) is 0 Å². The minimum Gasteiger partial charge on any atom is -0.380 e. The van der Waals surface area contributed by atoms with Crippen LogP contribution in [0.4, 0.5) is 0 Å². The third-order valence-corrected chi connectivity index (χ3v) is 5.49. The molecule has 0 aromatic carbocycles. The summed E-state index contributed by atoms with van der Waals surface area (Å²) >= 11 is 0. The molecule has 0 aromatic heterocycles. The van der Waals surface area contributed by atoms with Crippen molar-refractivity contribution in [1.82, 2.24) is 0 Å². The van der Waals surface area contributed by atoms with Gasteiger partial charge in [-0.1, -0.05) is 103 Å². The third kappa shape index (κ3) is 16.7. The van der Waals surface area contributed by atoms with Gasteiger partial charge in [-0.3, -0.25) is 4.57 Å². The minimum atomic E-state index is -4.29. The average molecular weight is 350 g/mol. The van der Waals surface area contributed by atoms with Gasteiger partial charge in [-0.05, 0) is 6.42 Å². The molecule has 23 heavy (non-hydrogen) atoms. The maximum atomic E-state index is 10.8. The van der Waals surface area contributed by atoms with Gasteiger partial charge in [0.15, 0.2) is 5.85 Å². The fourth-order valence-electron chi connectivity index (χ4n) is 2.87. The van der Waals surface area contributed by atoms with Crippen LogP contribution in [0.5, 0.6) is 0 Å². The van der Waals surface area contributed by atoms with Gasteiger partial charge in [0.05, 0.1) is 0 Å². The van der Waals surface area contributed by atoms with E-state index < -0.39 is 13.4 Å². The van der Waals surface area contributed by atoms with Crippen LogP contribution in [0.3, 0.4) is 0 Å². The highest BCUT2D eigenvalue weighted by molar-refractivity contribution is 7.52. The normalized spacial score (nSPS) is 13.4. The smallest absolute Gasteiger partial charge is 0.353 e. The van der Waals surface area contributed by atoms with Gasteiger partial charge in [-0.15, -0.1) is 0 Å². The Balaban J connectivity index is 3.12. The quantitative estimate of drug-likeness (QED) is 0.231. The van der Waals surface area contributed by atoms with Gasteiger partial charge in [0.2, 0.25) is 0 Å². The lowest BCUT2D eigenvalue weighted by atomic mass is 10.0. The first kappa shape index (κ1) is 23.1. The first-order valence-corrected chi connectivity index (χ1v) is 11.4. The lowest BCUT2D eigenvalue weighted by molar-refractivity contribution is 0.190. The molecule has 0 rings (SSSR count). The van der Waals surface area contributed by atoms with Crippen molar-refractivity contribution >= 4 is 7.60 Å².